The molecular weight excluding hydrogens is 334 g/mol. The molecule has 128 valence electrons. The molecule has 0 fully saturated rings. The maximum absolute atomic E-state index is 11.3. The Morgan fingerprint density at radius 2 is 1.71 bits per heavy atom. The summed E-state index contributed by atoms with van der Waals surface area (Å²) in [7, 11) is 0. The summed E-state index contributed by atoms with van der Waals surface area (Å²) in [5.74, 6) is 0. The van der Waals surface area contributed by atoms with Crippen LogP contribution in [-0.4, -0.2) is 27.4 Å². The molecule has 0 aromatic heterocycles. The number of thiocarbonyl (C=S) groups is 1. The van der Waals surface area contributed by atoms with E-state index in [0.717, 1.165) is 11.1 Å². The molecule has 0 aliphatic heterocycles. The van der Waals surface area contributed by atoms with E-state index in [1.165, 1.54) is 11.8 Å². The van der Waals surface area contributed by atoms with Gasteiger partial charge >= 0.3 is 0 Å². The number of rotatable bonds is 10. The van der Waals surface area contributed by atoms with E-state index in [1.807, 2.05) is 35.2 Å². The van der Waals surface area contributed by atoms with E-state index in [0.29, 0.717) is 30.3 Å². The van der Waals surface area contributed by atoms with E-state index in [9.17, 15) is 5.11 Å². The van der Waals surface area contributed by atoms with Gasteiger partial charge in [0.25, 0.3) is 0 Å². The van der Waals surface area contributed by atoms with Crippen LogP contribution in [0.5, 0.6) is 0 Å². The molecular formula is C20H25NOS2. The lowest BCUT2D eigenvalue weighted by atomic mass is 9.97. The minimum atomic E-state index is -1.17. The van der Waals surface area contributed by atoms with E-state index in [-0.39, 0.29) is 0 Å². The second-order valence-electron chi connectivity index (χ2n) is 5.28. The van der Waals surface area contributed by atoms with Crippen LogP contribution >= 0.6 is 24.0 Å². The molecule has 0 radical (unpaired) electrons. The average molecular weight is 360 g/mol. The van der Waals surface area contributed by atoms with Crippen molar-refractivity contribution in [1.29, 1.82) is 0 Å². The van der Waals surface area contributed by atoms with E-state index < -0.39 is 4.93 Å². The number of hydrogen-bond donors (Lipinski definition) is 1. The minimum Gasteiger partial charge on any atom is -0.374 e. The van der Waals surface area contributed by atoms with Crippen molar-refractivity contribution in [2.24, 2.45) is 0 Å². The molecule has 0 aliphatic carbocycles. The molecule has 1 unspecified atom stereocenters. The first-order chi connectivity index (χ1) is 11.5. The topological polar surface area (TPSA) is 23.5 Å². The number of allylic oxidation sites excluding steroid dienone is 1. The monoisotopic (exact) mass is 359 g/mol. The first-order valence-corrected chi connectivity index (χ1v) is 8.97. The molecule has 1 N–H and O–H groups in total. The molecule has 0 aliphatic rings. The van der Waals surface area contributed by atoms with Crippen LogP contribution in [0.4, 0.5) is 0 Å². The summed E-state index contributed by atoms with van der Waals surface area (Å²) in [5.41, 5.74) is 1.88. The van der Waals surface area contributed by atoms with Crippen molar-refractivity contribution in [3.8, 4) is 0 Å². The molecule has 0 bridgehead atoms. The van der Waals surface area contributed by atoms with Crippen molar-refractivity contribution < 1.29 is 5.11 Å². The Morgan fingerprint density at radius 3 is 2.25 bits per heavy atom. The molecule has 0 saturated heterocycles. The summed E-state index contributed by atoms with van der Waals surface area (Å²) in [5, 5.41) is 11.3. The van der Waals surface area contributed by atoms with Gasteiger partial charge in [0.2, 0.25) is 0 Å². The zero-order chi connectivity index (χ0) is 18.0. The van der Waals surface area contributed by atoms with E-state index in [4.69, 9.17) is 12.2 Å². The van der Waals surface area contributed by atoms with Gasteiger partial charge in [0.05, 0.1) is 0 Å². The largest absolute Gasteiger partial charge is 0.374 e. The molecule has 1 atom stereocenters. The maximum atomic E-state index is 11.3. The van der Waals surface area contributed by atoms with Gasteiger partial charge in [-0.1, -0.05) is 72.5 Å². The molecule has 0 heterocycles. The molecule has 24 heavy (non-hydrogen) atoms. The Hall–Kier alpha value is -1.62. The smallest absolute Gasteiger partial charge is 0.146 e. The fourth-order valence-corrected chi connectivity index (χ4v) is 4.02. The maximum Gasteiger partial charge on any atom is 0.146 e. The van der Waals surface area contributed by atoms with Gasteiger partial charge in [0.15, 0.2) is 0 Å². The number of nitrogens with zero attached hydrogens (tertiary/aromatic N) is 1. The van der Waals surface area contributed by atoms with Gasteiger partial charge in [-0.25, -0.2) is 0 Å². The third kappa shape index (κ3) is 5.48. The van der Waals surface area contributed by atoms with Crippen LogP contribution in [0.2, 0.25) is 0 Å². The van der Waals surface area contributed by atoms with Crippen LogP contribution in [0, 0.1) is 0 Å². The zero-order valence-corrected chi connectivity index (χ0v) is 15.6. The van der Waals surface area contributed by atoms with Crippen molar-refractivity contribution in [3.05, 3.63) is 86.0 Å². The highest BCUT2D eigenvalue weighted by Gasteiger charge is 2.33. The summed E-state index contributed by atoms with van der Waals surface area (Å²) < 4.78 is 0.604. The van der Waals surface area contributed by atoms with Crippen LogP contribution in [0.1, 0.15) is 17.5 Å². The Bertz CT molecular complexity index is 601. The Kier molecular flexibility index (Phi) is 8.76. The van der Waals surface area contributed by atoms with Gasteiger partial charge in [-0.2, -0.15) is 0 Å². The Balaban J connectivity index is 3.17. The third-order valence-electron chi connectivity index (χ3n) is 3.44. The Labute approximate surface area is 155 Å². The van der Waals surface area contributed by atoms with Gasteiger partial charge in [-0.15, -0.1) is 26.3 Å². The SMILES string of the molecule is C=CCc1ccccc1C(O)(CC=C)SC(=S)N(CC=C)CC=C. The number of thioether (sulfide) groups is 1. The van der Waals surface area contributed by atoms with Gasteiger partial charge in [0.1, 0.15) is 9.25 Å². The number of benzene rings is 1. The van der Waals surface area contributed by atoms with E-state index in [1.54, 1.807) is 18.2 Å². The lowest BCUT2D eigenvalue weighted by molar-refractivity contribution is 0.141. The van der Waals surface area contributed by atoms with Crippen molar-refractivity contribution in [3.63, 3.8) is 0 Å². The molecule has 0 spiro atoms. The summed E-state index contributed by atoms with van der Waals surface area (Å²) >= 11 is 6.82. The van der Waals surface area contributed by atoms with E-state index >= 15 is 0 Å². The fourth-order valence-electron chi connectivity index (χ4n) is 2.38. The fraction of sp³-hybridized carbons (Fsp3) is 0.250. The van der Waals surface area contributed by atoms with E-state index in [2.05, 4.69) is 26.3 Å². The minimum absolute atomic E-state index is 0.391. The molecule has 2 nitrogen and oxygen atoms in total. The van der Waals surface area contributed by atoms with Crippen molar-refractivity contribution in [2.75, 3.05) is 13.1 Å². The molecule has 1 rings (SSSR count). The van der Waals surface area contributed by atoms with Gasteiger partial charge in [0, 0.05) is 19.5 Å². The second kappa shape index (κ2) is 10.3. The molecule has 1 aromatic carbocycles. The predicted molar refractivity (Wildman–Crippen MR) is 111 cm³/mol. The van der Waals surface area contributed by atoms with Gasteiger partial charge in [-0.3, -0.25) is 0 Å². The molecule has 1 aromatic rings. The van der Waals surface area contributed by atoms with Crippen LogP contribution in [0.25, 0.3) is 0 Å². The third-order valence-corrected chi connectivity index (χ3v) is 5.10. The molecule has 0 saturated carbocycles. The number of aliphatic hydroxyl groups is 1. The first-order valence-electron chi connectivity index (χ1n) is 7.74. The summed E-state index contributed by atoms with van der Waals surface area (Å²) in [6.07, 6.45) is 8.20. The highest BCUT2D eigenvalue weighted by Crippen LogP contribution is 2.41. The standard InChI is InChI=1S/C20H25NOS2/c1-5-11-17-12-9-10-13-18(17)20(22,14-6-2)24-19(23)21(15-7-3)16-8-4/h5-10,12-13,22H,1-4,11,14-16H2. The van der Waals surface area contributed by atoms with Crippen molar-refractivity contribution >= 4 is 28.3 Å². The van der Waals surface area contributed by atoms with Crippen molar-refractivity contribution in [2.45, 2.75) is 17.8 Å². The van der Waals surface area contributed by atoms with Crippen LogP contribution < -0.4 is 0 Å². The van der Waals surface area contributed by atoms with Crippen LogP contribution in [0.15, 0.2) is 74.9 Å². The quantitative estimate of drug-likeness (QED) is 0.367. The summed E-state index contributed by atoms with van der Waals surface area (Å²) in [6, 6.07) is 7.81. The zero-order valence-electron chi connectivity index (χ0n) is 14.0. The number of hydrogen-bond acceptors (Lipinski definition) is 3. The first kappa shape index (κ1) is 20.4. The van der Waals surface area contributed by atoms with Gasteiger partial charge < -0.3 is 10.0 Å². The summed E-state index contributed by atoms with van der Waals surface area (Å²) in [4.78, 5) is 0.781. The second-order valence-corrected chi connectivity index (χ2v) is 7.19. The highest BCUT2D eigenvalue weighted by atomic mass is 32.2. The lowest BCUT2D eigenvalue weighted by Crippen LogP contribution is -2.33. The molecule has 0 amide bonds. The average Bonchev–Trinajstić information content (AvgIpc) is 2.55. The lowest BCUT2D eigenvalue weighted by Gasteiger charge is -2.32. The predicted octanol–water partition coefficient (Wildman–Crippen LogP) is 4.83. The van der Waals surface area contributed by atoms with Crippen LogP contribution in [0.3, 0.4) is 0 Å². The van der Waals surface area contributed by atoms with Crippen LogP contribution in [-0.2, 0) is 11.4 Å². The summed E-state index contributed by atoms with van der Waals surface area (Å²) in [6.45, 7) is 16.3. The van der Waals surface area contributed by atoms with Gasteiger partial charge in [-0.05, 0) is 17.5 Å². The highest BCUT2D eigenvalue weighted by molar-refractivity contribution is 8.23. The van der Waals surface area contributed by atoms with Crippen molar-refractivity contribution in [1.82, 2.24) is 4.90 Å². The Morgan fingerprint density at radius 1 is 1.08 bits per heavy atom. The normalized spacial score (nSPS) is 12.7. The molecule has 4 heteroatoms.